The molecule has 0 saturated carbocycles. The SMILES string of the molecule is COc1ccc2cc([C@@H](C)C(=O)N/N=C\c3c(CO)cnc(C)c3O)ccc2c1. The maximum absolute atomic E-state index is 12.5. The number of aromatic hydroxyl groups is 1. The van der Waals surface area contributed by atoms with Crippen LogP contribution < -0.4 is 10.2 Å². The van der Waals surface area contributed by atoms with E-state index < -0.39 is 5.92 Å². The van der Waals surface area contributed by atoms with Gasteiger partial charge in [-0.1, -0.05) is 24.3 Å². The Kier molecular flexibility index (Phi) is 6.09. The van der Waals surface area contributed by atoms with Crippen LogP contribution >= 0.6 is 0 Å². The van der Waals surface area contributed by atoms with Gasteiger partial charge in [-0.05, 0) is 42.3 Å². The average Bonchev–Trinajstić information content (AvgIpc) is 2.75. The fraction of sp³-hybridized carbons (Fsp3) is 0.227. The first-order valence-electron chi connectivity index (χ1n) is 9.13. The predicted octanol–water partition coefficient (Wildman–Crippen LogP) is 3.00. The van der Waals surface area contributed by atoms with Gasteiger partial charge < -0.3 is 14.9 Å². The van der Waals surface area contributed by atoms with Crippen molar-refractivity contribution >= 4 is 22.9 Å². The Morgan fingerprint density at radius 1 is 1.28 bits per heavy atom. The number of aliphatic hydroxyl groups is 1. The third-order valence-corrected chi connectivity index (χ3v) is 4.86. The second-order valence-corrected chi connectivity index (χ2v) is 6.72. The lowest BCUT2D eigenvalue weighted by atomic mass is 9.97. The van der Waals surface area contributed by atoms with Crippen molar-refractivity contribution < 1.29 is 19.7 Å². The Labute approximate surface area is 168 Å². The van der Waals surface area contributed by atoms with E-state index in [0.29, 0.717) is 16.8 Å². The van der Waals surface area contributed by atoms with Crippen LogP contribution in [0.1, 0.15) is 35.2 Å². The Bertz CT molecular complexity index is 1080. The Morgan fingerprint density at radius 3 is 2.72 bits per heavy atom. The van der Waals surface area contributed by atoms with E-state index in [4.69, 9.17) is 4.74 Å². The lowest BCUT2D eigenvalue weighted by molar-refractivity contribution is -0.122. The lowest BCUT2D eigenvalue weighted by Gasteiger charge is -2.12. The number of hydrazone groups is 1. The smallest absolute Gasteiger partial charge is 0.247 e. The zero-order valence-electron chi connectivity index (χ0n) is 16.5. The van der Waals surface area contributed by atoms with Gasteiger partial charge in [0.05, 0.1) is 31.5 Å². The van der Waals surface area contributed by atoms with Crippen LogP contribution in [0, 0.1) is 6.92 Å². The first kappa shape index (κ1) is 20.3. The van der Waals surface area contributed by atoms with E-state index in [0.717, 1.165) is 22.1 Å². The molecular formula is C22H23N3O4. The largest absolute Gasteiger partial charge is 0.505 e. The molecule has 3 rings (SSSR count). The number of methoxy groups -OCH3 is 1. The molecule has 0 spiro atoms. The molecule has 3 aromatic rings. The van der Waals surface area contributed by atoms with Crippen molar-refractivity contribution in [3.8, 4) is 11.5 Å². The molecule has 0 aliphatic heterocycles. The monoisotopic (exact) mass is 393 g/mol. The Balaban J connectivity index is 1.75. The number of carbonyl (C=O) groups excluding carboxylic acids is 1. The molecule has 150 valence electrons. The number of ether oxygens (including phenoxy) is 1. The maximum Gasteiger partial charge on any atom is 0.247 e. The number of aliphatic hydroxyl groups excluding tert-OH is 1. The van der Waals surface area contributed by atoms with Gasteiger partial charge in [-0.2, -0.15) is 5.10 Å². The van der Waals surface area contributed by atoms with E-state index in [2.05, 4.69) is 15.5 Å². The van der Waals surface area contributed by atoms with Crippen molar-refractivity contribution in [1.29, 1.82) is 0 Å². The highest BCUT2D eigenvalue weighted by Gasteiger charge is 2.16. The van der Waals surface area contributed by atoms with Crippen LogP contribution in [0.3, 0.4) is 0 Å². The fourth-order valence-corrected chi connectivity index (χ4v) is 2.97. The summed E-state index contributed by atoms with van der Waals surface area (Å²) in [5.41, 5.74) is 4.51. The second-order valence-electron chi connectivity index (χ2n) is 6.72. The van der Waals surface area contributed by atoms with Crippen LogP contribution in [0.5, 0.6) is 11.5 Å². The number of nitrogens with one attached hydrogen (secondary N) is 1. The summed E-state index contributed by atoms with van der Waals surface area (Å²) in [7, 11) is 1.62. The number of nitrogens with zero attached hydrogens (tertiary/aromatic N) is 2. The molecule has 7 nitrogen and oxygen atoms in total. The molecule has 0 fully saturated rings. The number of aryl methyl sites for hydroxylation is 1. The van der Waals surface area contributed by atoms with Crippen molar-refractivity contribution in [2.75, 3.05) is 7.11 Å². The molecule has 1 heterocycles. The molecule has 0 radical (unpaired) electrons. The summed E-state index contributed by atoms with van der Waals surface area (Å²) in [6.45, 7) is 3.14. The van der Waals surface area contributed by atoms with Crippen LogP contribution in [0.2, 0.25) is 0 Å². The minimum Gasteiger partial charge on any atom is -0.505 e. The van der Waals surface area contributed by atoms with E-state index in [-0.39, 0.29) is 18.3 Å². The minimum absolute atomic E-state index is 0.0763. The van der Waals surface area contributed by atoms with Crippen LogP contribution in [0.25, 0.3) is 10.8 Å². The van der Waals surface area contributed by atoms with Gasteiger partial charge in [0.15, 0.2) is 0 Å². The zero-order chi connectivity index (χ0) is 21.0. The van der Waals surface area contributed by atoms with Crippen LogP contribution in [-0.2, 0) is 11.4 Å². The van der Waals surface area contributed by atoms with Gasteiger partial charge in [0.2, 0.25) is 5.91 Å². The van der Waals surface area contributed by atoms with Crippen LogP contribution in [0.4, 0.5) is 0 Å². The standard InChI is InChI=1S/C22H23N3O4/c1-13(15-4-5-17-9-19(29-3)7-6-16(17)8-15)22(28)25-24-11-20-18(12-26)10-23-14(2)21(20)27/h4-11,13,26-27H,12H2,1-3H3,(H,25,28)/b24-11-/t13-/m1/s1. The molecule has 0 unspecified atom stereocenters. The number of fused-ring (bicyclic) bond motifs is 1. The molecule has 1 atom stereocenters. The fourth-order valence-electron chi connectivity index (χ4n) is 2.97. The number of pyridine rings is 1. The number of aromatic nitrogens is 1. The van der Waals surface area contributed by atoms with E-state index >= 15 is 0 Å². The molecule has 3 N–H and O–H groups in total. The lowest BCUT2D eigenvalue weighted by Crippen LogP contribution is -2.23. The third kappa shape index (κ3) is 4.35. The molecule has 7 heteroatoms. The quantitative estimate of drug-likeness (QED) is 0.441. The van der Waals surface area contributed by atoms with Crippen molar-refractivity contribution in [3.05, 3.63) is 65.0 Å². The van der Waals surface area contributed by atoms with E-state index in [1.165, 1.54) is 12.4 Å². The molecule has 0 aliphatic rings. The van der Waals surface area contributed by atoms with Crippen LogP contribution in [-0.4, -0.2) is 34.4 Å². The molecule has 0 aliphatic carbocycles. The number of rotatable bonds is 6. The van der Waals surface area contributed by atoms with Crippen molar-refractivity contribution in [2.45, 2.75) is 26.4 Å². The second kappa shape index (κ2) is 8.70. The molecule has 2 aromatic carbocycles. The number of hydrogen-bond acceptors (Lipinski definition) is 6. The first-order valence-corrected chi connectivity index (χ1v) is 9.13. The van der Waals surface area contributed by atoms with Gasteiger partial charge in [-0.15, -0.1) is 0 Å². The van der Waals surface area contributed by atoms with E-state index in [9.17, 15) is 15.0 Å². The number of carbonyl (C=O) groups is 1. The predicted molar refractivity (Wildman–Crippen MR) is 111 cm³/mol. The summed E-state index contributed by atoms with van der Waals surface area (Å²) < 4.78 is 5.23. The number of benzene rings is 2. The number of amides is 1. The zero-order valence-corrected chi connectivity index (χ0v) is 16.5. The molecule has 1 amide bonds. The summed E-state index contributed by atoms with van der Waals surface area (Å²) >= 11 is 0. The van der Waals surface area contributed by atoms with Gasteiger partial charge in [0, 0.05) is 17.3 Å². The summed E-state index contributed by atoms with van der Waals surface area (Å²) in [6.07, 6.45) is 2.78. The molecular weight excluding hydrogens is 370 g/mol. The summed E-state index contributed by atoms with van der Waals surface area (Å²) in [5.74, 6) is -0.0107. The molecule has 0 bridgehead atoms. The Morgan fingerprint density at radius 2 is 2.00 bits per heavy atom. The Hall–Kier alpha value is -3.45. The average molecular weight is 393 g/mol. The summed E-state index contributed by atoms with van der Waals surface area (Å²) in [4.78, 5) is 16.5. The summed E-state index contributed by atoms with van der Waals surface area (Å²) in [5, 5.41) is 25.5. The van der Waals surface area contributed by atoms with Crippen molar-refractivity contribution in [3.63, 3.8) is 0 Å². The first-order chi connectivity index (χ1) is 13.9. The molecule has 29 heavy (non-hydrogen) atoms. The highest BCUT2D eigenvalue weighted by Crippen LogP contribution is 2.25. The van der Waals surface area contributed by atoms with E-state index in [1.807, 2.05) is 36.4 Å². The molecule has 0 saturated heterocycles. The highest BCUT2D eigenvalue weighted by molar-refractivity contribution is 5.90. The highest BCUT2D eigenvalue weighted by atomic mass is 16.5. The van der Waals surface area contributed by atoms with Crippen molar-refractivity contribution in [1.82, 2.24) is 10.4 Å². The third-order valence-electron chi connectivity index (χ3n) is 4.86. The van der Waals surface area contributed by atoms with Crippen molar-refractivity contribution in [2.24, 2.45) is 5.10 Å². The van der Waals surface area contributed by atoms with Gasteiger partial charge in [-0.25, -0.2) is 5.43 Å². The van der Waals surface area contributed by atoms with Gasteiger partial charge in [-0.3, -0.25) is 9.78 Å². The summed E-state index contributed by atoms with van der Waals surface area (Å²) in [6, 6.07) is 11.6. The molecule has 1 aromatic heterocycles. The van der Waals surface area contributed by atoms with Gasteiger partial charge in [0.1, 0.15) is 11.5 Å². The van der Waals surface area contributed by atoms with Crippen LogP contribution in [0.15, 0.2) is 47.7 Å². The topological polar surface area (TPSA) is 104 Å². The maximum atomic E-state index is 12.5. The van der Waals surface area contributed by atoms with E-state index in [1.54, 1.807) is 21.0 Å². The van der Waals surface area contributed by atoms with Gasteiger partial charge >= 0.3 is 0 Å². The normalized spacial score (nSPS) is 12.3. The minimum atomic E-state index is -0.427. The van der Waals surface area contributed by atoms with Gasteiger partial charge in [0.25, 0.3) is 0 Å². The number of hydrogen-bond donors (Lipinski definition) is 3.